The molecule has 7 nitrogen and oxygen atoms in total. The minimum atomic E-state index is -1.73. The quantitative estimate of drug-likeness (QED) is 0.495. The number of aromatic carboxylic acids is 1. The number of carbonyl (C=O) groups is 3. The molecule has 2 aromatic carbocycles. The zero-order chi connectivity index (χ0) is 20.5. The van der Waals surface area contributed by atoms with Gasteiger partial charge in [-0.15, -0.1) is 0 Å². The summed E-state index contributed by atoms with van der Waals surface area (Å²) in [5.74, 6) is -2.82. The summed E-state index contributed by atoms with van der Waals surface area (Å²) in [6.45, 7) is 0. The Bertz CT molecular complexity index is 821. The number of aliphatic hydroxyl groups excluding tert-OH is 1. The Labute approximate surface area is 162 Å². The van der Waals surface area contributed by atoms with E-state index in [1.165, 1.54) is 6.07 Å². The van der Waals surface area contributed by atoms with Crippen molar-refractivity contribution < 1.29 is 29.7 Å². The Morgan fingerprint density at radius 1 is 0.929 bits per heavy atom. The van der Waals surface area contributed by atoms with Gasteiger partial charge in [-0.2, -0.15) is 0 Å². The molecule has 0 fully saturated rings. The van der Waals surface area contributed by atoms with Crippen LogP contribution in [0.25, 0.3) is 0 Å². The van der Waals surface area contributed by atoms with Crippen LogP contribution in [0.1, 0.15) is 34.3 Å². The number of carboxylic acids is 2. The molecule has 28 heavy (non-hydrogen) atoms. The lowest BCUT2D eigenvalue weighted by Crippen LogP contribution is -2.48. The zero-order valence-electron chi connectivity index (χ0n) is 15.2. The Hall–Kier alpha value is -3.19. The number of amides is 1. The third kappa shape index (κ3) is 6.21. The Kier molecular flexibility index (Phi) is 7.71. The van der Waals surface area contributed by atoms with Crippen molar-refractivity contribution in [2.24, 2.45) is 0 Å². The van der Waals surface area contributed by atoms with Gasteiger partial charge in [-0.05, 0) is 36.5 Å². The number of hydrogen-bond acceptors (Lipinski definition) is 4. The second-order valence-electron chi connectivity index (χ2n) is 6.46. The second kappa shape index (κ2) is 10.2. The van der Waals surface area contributed by atoms with Crippen LogP contribution in [0, 0.1) is 0 Å². The number of hydrogen-bond donors (Lipinski definition) is 4. The van der Waals surface area contributed by atoms with Gasteiger partial charge in [-0.25, -0.2) is 9.59 Å². The van der Waals surface area contributed by atoms with E-state index in [0.717, 1.165) is 5.56 Å². The predicted octanol–water partition coefficient (Wildman–Crippen LogP) is 1.88. The predicted molar refractivity (Wildman–Crippen MR) is 102 cm³/mol. The maximum absolute atomic E-state index is 12.2. The van der Waals surface area contributed by atoms with E-state index in [0.29, 0.717) is 18.4 Å². The third-order valence-electron chi connectivity index (χ3n) is 4.38. The number of carboxylic acid groups (broad SMARTS) is 2. The first-order valence-electron chi connectivity index (χ1n) is 8.94. The van der Waals surface area contributed by atoms with E-state index >= 15 is 0 Å². The molecule has 0 aliphatic rings. The Morgan fingerprint density at radius 2 is 1.57 bits per heavy atom. The van der Waals surface area contributed by atoms with E-state index in [1.54, 1.807) is 42.5 Å². The zero-order valence-corrected chi connectivity index (χ0v) is 15.2. The summed E-state index contributed by atoms with van der Waals surface area (Å²) in [4.78, 5) is 34.6. The largest absolute Gasteiger partial charge is 0.479 e. The fourth-order valence-corrected chi connectivity index (χ4v) is 2.95. The van der Waals surface area contributed by atoms with Crippen molar-refractivity contribution >= 4 is 17.8 Å². The van der Waals surface area contributed by atoms with E-state index in [4.69, 9.17) is 5.11 Å². The van der Waals surface area contributed by atoms with E-state index in [1.807, 2.05) is 6.07 Å². The van der Waals surface area contributed by atoms with Crippen LogP contribution in [0.15, 0.2) is 54.6 Å². The van der Waals surface area contributed by atoms with Crippen LogP contribution in [0.3, 0.4) is 0 Å². The molecule has 0 unspecified atom stereocenters. The molecule has 0 saturated heterocycles. The molecule has 0 aliphatic heterocycles. The van der Waals surface area contributed by atoms with Crippen LogP contribution in [0.5, 0.6) is 0 Å². The first-order chi connectivity index (χ1) is 13.4. The highest BCUT2D eigenvalue weighted by atomic mass is 16.4. The summed E-state index contributed by atoms with van der Waals surface area (Å²) < 4.78 is 0. The molecule has 2 atom stereocenters. The van der Waals surface area contributed by atoms with Gasteiger partial charge in [-0.3, -0.25) is 4.79 Å². The topological polar surface area (TPSA) is 124 Å². The molecule has 7 heteroatoms. The summed E-state index contributed by atoms with van der Waals surface area (Å²) in [6, 6.07) is 14.6. The molecule has 0 bridgehead atoms. The third-order valence-corrected chi connectivity index (χ3v) is 4.38. The highest BCUT2D eigenvalue weighted by Crippen LogP contribution is 2.13. The van der Waals surface area contributed by atoms with Gasteiger partial charge in [0.25, 0.3) is 0 Å². The van der Waals surface area contributed by atoms with Gasteiger partial charge < -0.3 is 20.6 Å². The van der Waals surface area contributed by atoms with Crippen LogP contribution in [0.2, 0.25) is 0 Å². The van der Waals surface area contributed by atoms with Crippen molar-refractivity contribution in [3.8, 4) is 0 Å². The summed E-state index contributed by atoms with van der Waals surface area (Å²) in [6.07, 6.45) is -0.650. The fourth-order valence-electron chi connectivity index (χ4n) is 2.95. The lowest BCUT2D eigenvalue weighted by molar-refractivity contribution is -0.148. The average molecular weight is 385 g/mol. The fraction of sp³-hybridized carbons (Fsp3) is 0.286. The van der Waals surface area contributed by atoms with Gasteiger partial charge in [0.2, 0.25) is 5.91 Å². The second-order valence-corrected chi connectivity index (χ2v) is 6.46. The van der Waals surface area contributed by atoms with Gasteiger partial charge in [0, 0.05) is 6.42 Å². The van der Waals surface area contributed by atoms with Crippen molar-refractivity contribution in [3.63, 3.8) is 0 Å². The molecule has 0 aliphatic carbocycles. The molecular weight excluding hydrogens is 362 g/mol. The van der Waals surface area contributed by atoms with Crippen LogP contribution in [-0.4, -0.2) is 45.3 Å². The van der Waals surface area contributed by atoms with Crippen molar-refractivity contribution in [3.05, 3.63) is 71.3 Å². The van der Waals surface area contributed by atoms with E-state index in [9.17, 15) is 24.6 Å². The van der Waals surface area contributed by atoms with Gasteiger partial charge >= 0.3 is 11.9 Å². The summed E-state index contributed by atoms with van der Waals surface area (Å²) in [5, 5.41) is 30.8. The molecule has 4 N–H and O–H groups in total. The van der Waals surface area contributed by atoms with Gasteiger partial charge in [-0.1, -0.05) is 48.5 Å². The molecular formula is C21H23NO6. The molecule has 148 valence electrons. The van der Waals surface area contributed by atoms with Crippen molar-refractivity contribution in [1.82, 2.24) is 5.32 Å². The smallest absolute Gasteiger partial charge is 0.335 e. The Balaban J connectivity index is 1.94. The number of aliphatic hydroxyl groups is 1. The maximum Gasteiger partial charge on any atom is 0.335 e. The van der Waals surface area contributed by atoms with Crippen LogP contribution >= 0.6 is 0 Å². The number of aryl methyl sites for hydroxylation is 1. The normalized spacial score (nSPS) is 12.8. The van der Waals surface area contributed by atoms with E-state index in [-0.39, 0.29) is 18.4 Å². The van der Waals surface area contributed by atoms with E-state index < -0.39 is 30.0 Å². The van der Waals surface area contributed by atoms with Gasteiger partial charge in [0.05, 0.1) is 11.6 Å². The standard InChI is InChI=1S/C21H23NO6/c23-18(12-6-10-15-9-4-5-11-16(15)20(25)26)22-17(19(24)21(27)28)13-14-7-2-1-3-8-14/h1-5,7-9,11,17,19,24H,6,10,12-13H2,(H,22,23)(H,25,26)(H,27,28)/t17-,19-/m1/s1. The molecule has 0 spiro atoms. The maximum atomic E-state index is 12.2. The number of benzene rings is 2. The first-order valence-corrected chi connectivity index (χ1v) is 8.94. The van der Waals surface area contributed by atoms with Crippen molar-refractivity contribution in [2.45, 2.75) is 37.8 Å². The summed E-state index contributed by atoms with van der Waals surface area (Å²) >= 11 is 0. The van der Waals surface area contributed by atoms with Crippen molar-refractivity contribution in [1.29, 1.82) is 0 Å². The minimum absolute atomic E-state index is 0.0889. The lowest BCUT2D eigenvalue weighted by atomic mass is 10.00. The minimum Gasteiger partial charge on any atom is -0.479 e. The summed E-state index contributed by atoms with van der Waals surface area (Å²) in [5.41, 5.74) is 1.63. The van der Waals surface area contributed by atoms with Crippen LogP contribution in [0.4, 0.5) is 0 Å². The SMILES string of the molecule is O=C(CCCc1ccccc1C(=O)O)N[C@H](Cc1ccccc1)[C@@H](O)C(=O)O. The number of nitrogens with one attached hydrogen (secondary N) is 1. The number of rotatable bonds is 10. The summed E-state index contributed by atoms with van der Waals surface area (Å²) in [7, 11) is 0. The van der Waals surface area contributed by atoms with Crippen molar-refractivity contribution in [2.75, 3.05) is 0 Å². The molecule has 1 amide bonds. The van der Waals surface area contributed by atoms with E-state index in [2.05, 4.69) is 5.32 Å². The molecule has 0 heterocycles. The molecule has 0 aromatic heterocycles. The first kappa shape index (κ1) is 21.1. The number of aliphatic carboxylic acids is 1. The highest BCUT2D eigenvalue weighted by Gasteiger charge is 2.27. The van der Waals surface area contributed by atoms with Crippen LogP contribution < -0.4 is 5.32 Å². The molecule has 0 saturated carbocycles. The molecule has 0 radical (unpaired) electrons. The van der Waals surface area contributed by atoms with Crippen LogP contribution in [-0.2, 0) is 22.4 Å². The van der Waals surface area contributed by atoms with Gasteiger partial charge in [0.15, 0.2) is 6.10 Å². The number of carbonyl (C=O) groups excluding carboxylic acids is 1. The lowest BCUT2D eigenvalue weighted by Gasteiger charge is -2.21. The monoisotopic (exact) mass is 385 g/mol. The highest BCUT2D eigenvalue weighted by molar-refractivity contribution is 5.89. The molecule has 2 aromatic rings. The average Bonchev–Trinajstić information content (AvgIpc) is 2.68. The Morgan fingerprint density at radius 3 is 2.21 bits per heavy atom. The molecule has 2 rings (SSSR count). The van der Waals surface area contributed by atoms with Gasteiger partial charge in [0.1, 0.15) is 0 Å².